The van der Waals surface area contributed by atoms with Crippen molar-refractivity contribution in [3.05, 3.63) is 35.4 Å². The molecule has 2 atom stereocenters. The second-order valence-electron chi connectivity index (χ2n) is 6.32. The first kappa shape index (κ1) is 14.4. The van der Waals surface area contributed by atoms with Gasteiger partial charge in [-0.1, -0.05) is 20.3 Å². The number of halogens is 2. The zero-order chi connectivity index (χ0) is 14.0. The molecule has 1 aliphatic carbocycles. The molecular weight excluding hydrogens is 244 g/mol. The van der Waals surface area contributed by atoms with Gasteiger partial charge in [-0.2, -0.15) is 0 Å². The van der Waals surface area contributed by atoms with Crippen LogP contribution in [-0.4, -0.2) is 13.1 Å². The predicted octanol–water partition coefficient (Wildman–Crippen LogP) is 3.92. The van der Waals surface area contributed by atoms with Crippen LogP contribution in [0, 0.1) is 23.0 Å². The Bertz CT molecular complexity index is 442. The average molecular weight is 267 g/mol. The highest BCUT2D eigenvalue weighted by atomic mass is 19.1. The molecule has 1 fully saturated rings. The third kappa shape index (κ3) is 3.14. The Morgan fingerprint density at radius 1 is 1.37 bits per heavy atom. The highest BCUT2D eigenvalue weighted by molar-refractivity contribution is 5.20. The Morgan fingerprint density at radius 2 is 2.11 bits per heavy atom. The van der Waals surface area contributed by atoms with Gasteiger partial charge in [0.05, 0.1) is 0 Å². The molecule has 2 rings (SSSR count). The minimum atomic E-state index is -0.364. The average Bonchev–Trinajstić information content (AvgIpc) is 2.70. The molecule has 106 valence electrons. The number of rotatable bonds is 4. The van der Waals surface area contributed by atoms with E-state index in [0.717, 1.165) is 6.42 Å². The maximum atomic E-state index is 13.8. The molecule has 0 heterocycles. The van der Waals surface area contributed by atoms with E-state index in [1.165, 1.54) is 31.0 Å². The monoisotopic (exact) mass is 267 g/mol. The predicted molar refractivity (Wildman–Crippen MR) is 74.0 cm³/mol. The van der Waals surface area contributed by atoms with Crippen LogP contribution in [0.1, 0.15) is 38.7 Å². The summed E-state index contributed by atoms with van der Waals surface area (Å²) in [6, 6.07) is 3.92. The Labute approximate surface area is 114 Å². The fourth-order valence-electron chi connectivity index (χ4n) is 3.48. The number of hydrogen-bond donors (Lipinski definition) is 1. The largest absolute Gasteiger partial charge is 0.316 e. The first-order valence-electron chi connectivity index (χ1n) is 7.05. The lowest BCUT2D eigenvalue weighted by atomic mass is 9.76. The van der Waals surface area contributed by atoms with Crippen molar-refractivity contribution in [2.45, 2.75) is 45.6 Å². The van der Waals surface area contributed by atoms with Crippen molar-refractivity contribution in [1.82, 2.24) is 5.32 Å². The fraction of sp³-hybridized carbons (Fsp3) is 0.625. The van der Waals surface area contributed by atoms with Gasteiger partial charge in [0.15, 0.2) is 0 Å². The number of hydrogen-bond acceptors (Lipinski definition) is 1. The Kier molecular flexibility index (Phi) is 4.24. The van der Waals surface area contributed by atoms with E-state index in [1.807, 2.05) is 7.05 Å². The standard InChI is InChI=1S/C16H23F2N/c1-16(2)8-4-5-13(16)15(19-3)10-11-9-12(17)6-7-14(11)18/h6-7,9,13,15,19H,4-5,8,10H2,1-3H3. The van der Waals surface area contributed by atoms with Crippen molar-refractivity contribution in [2.75, 3.05) is 7.05 Å². The Morgan fingerprint density at radius 3 is 2.68 bits per heavy atom. The van der Waals surface area contributed by atoms with E-state index < -0.39 is 0 Å². The number of nitrogens with one attached hydrogen (secondary N) is 1. The van der Waals surface area contributed by atoms with Crippen LogP contribution < -0.4 is 5.32 Å². The topological polar surface area (TPSA) is 12.0 Å². The van der Waals surface area contributed by atoms with Crippen LogP contribution in [0.25, 0.3) is 0 Å². The first-order chi connectivity index (χ1) is 8.94. The van der Waals surface area contributed by atoms with Gasteiger partial charge < -0.3 is 5.32 Å². The number of benzene rings is 1. The summed E-state index contributed by atoms with van der Waals surface area (Å²) in [5.74, 6) is -0.158. The molecule has 1 saturated carbocycles. The molecule has 1 aromatic carbocycles. The van der Waals surface area contributed by atoms with Gasteiger partial charge in [0.2, 0.25) is 0 Å². The molecule has 0 spiro atoms. The normalized spacial score (nSPS) is 23.5. The van der Waals surface area contributed by atoms with Gasteiger partial charge in [0.25, 0.3) is 0 Å². The van der Waals surface area contributed by atoms with E-state index in [2.05, 4.69) is 19.2 Å². The summed E-state index contributed by atoms with van der Waals surface area (Å²) in [4.78, 5) is 0. The molecule has 0 aliphatic heterocycles. The third-order valence-electron chi connectivity index (χ3n) is 4.64. The maximum Gasteiger partial charge on any atom is 0.126 e. The van der Waals surface area contributed by atoms with E-state index in [-0.39, 0.29) is 23.1 Å². The molecule has 1 nitrogen and oxygen atoms in total. The zero-order valence-corrected chi connectivity index (χ0v) is 12.0. The van der Waals surface area contributed by atoms with Crippen LogP contribution in [0.5, 0.6) is 0 Å². The van der Waals surface area contributed by atoms with Crippen molar-refractivity contribution in [3.8, 4) is 0 Å². The summed E-state index contributed by atoms with van der Waals surface area (Å²) in [6.07, 6.45) is 4.15. The van der Waals surface area contributed by atoms with Crippen molar-refractivity contribution in [1.29, 1.82) is 0 Å². The van der Waals surface area contributed by atoms with Crippen LogP contribution in [0.15, 0.2) is 18.2 Å². The molecule has 0 radical (unpaired) electrons. The lowest BCUT2D eigenvalue weighted by Gasteiger charge is -2.34. The summed E-state index contributed by atoms with van der Waals surface area (Å²) >= 11 is 0. The quantitative estimate of drug-likeness (QED) is 0.871. The van der Waals surface area contributed by atoms with Gasteiger partial charge in [0.1, 0.15) is 11.6 Å². The van der Waals surface area contributed by atoms with Crippen LogP contribution in [0.4, 0.5) is 8.78 Å². The summed E-state index contributed by atoms with van der Waals surface area (Å²) in [6.45, 7) is 4.55. The molecule has 3 heteroatoms. The highest BCUT2D eigenvalue weighted by Crippen LogP contribution is 2.44. The zero-order valence-electron chi connectivity index (χ0n) is 12.0. The lowest BCUT2D eigenvalue weighted by Crippen LogP contribution is -2.40. The summed E-state index contributed by atoms with van der Waals surface area (Å²) in [7, 11) is 1.91. The second-order valence-corrected chi connectivity index (χ2v) is 6.32. The second kappa shape index (κ2) is 5.58. The van der Waals surface area contributed by atoms with Crippen molar-refractivity contribution >= 4 is 0 Å². The smallest absolute Gasteiger partial charge is 0.126 e. The minimum Gasteiger partial charge on any atom is -0.316 e. The Balaban J connectivity index is 2.17. The van der Waals surface area contributed by atoms with Crippen LogP contribution >= 0.6 is 0 Å². The SMILES string of the molecule is CNC(Cc1cc(F)ccc1F)C1CCCC1(C)C. The van der Waals surface area contributed by atoms with Gasteiger partial charge in [-0.3, -0.25) is 0 Å². The third-order valence-corrected chi connectivity index (χ3v) is 4.64. The van der Waals surface area contributed by atoms with Gasteiger partial charge in [0, 0.05) is 6.04 Å². The fourth-order valence-corrected chi connectivity index (χ4v) is 3.48. The molecule has 1 N–H and O–H groups in total. The molecular formula is C16H23F2N. The van der Waals surface area contributed by atoms with Crippen molar-refractivity contribution < 1.29 is 8.78 Å². The van der Waals surface area contributed by atoms with E-state index in [1.54, 1.807) is 0 Å². The summed E-state index contributed by atoms with van der Waals surface area (Å²) < 4.78 is 27.0. The Hall–Kier alpha value is -0.960. The molecule has 1 aromatic rings. The van der Waals surface area contributed by atoms with Crippen LogP contribution in [-0.2, 0) is 6.42 Å². The van der Waals surface area contributed by atoms with Crippen LogP contribution in [0.3, 0.4) is 0 Å². The van der Waals surface area contributed by atoms with Crippen molar-refractivity contribution in [2.24, 2.45) is 11.3 Å². The highest BCUT2D eigenvalue weighted by Gasteiger charge is 2.39. The van der Waals surface area contributed by atoms with E-state index >= 15 is 0 Å². The molecule has 19 heavy (non-hydrogen) atoms. The van der Waals surface area contributed by atoms with E-state index in [9.17, 15) is 8.78 Å². The van der Waals surface area contributed by atoms with Gasteiger partial charge in [-0.15, -0.1) is 0 Å². The van der Waals surface area contributed by atoms with Gasteiger partial charge in [-0.25, -0.2) is 8.78 Å². The van der Waals surface area contributed by atoms with E-state index in [4.69, 9.17) is 0 Å². The molecule has 0 saturated heterocycles. The molecule has 0 aromatic heterocycles. The lowest BCUT2D eigenvalue weighted by molar-refractivity contribution is 0.201. The van der Waals surface area contributed by atoms with E-state index in [0.29, 0.717) is 17.9 Å². The maximum absolute atomic E-state index is 13.8. The van der Waals surface area contributed by atoms with Crippen molar-refractivity contribution in [3.63, 3.8) is 0 Å². The van der Waals surface area contributed by atoms with Gasteiger partial charge in [-0.05, 0) is 61.4 Å². The van der Waals surface area contributed by atoms with Gasteiger partial charge >= 0.3 is 0 Å². The van der Waals surface area contributed by atoms with Crippen LogP contribution in [0.2, 0.25) is 0 Å². The first-order valence-corrected chi connectivity index (χ1v) is 7.05. The summed E-state index contributed by atoms with van der Waals surface area (Å²) in [5, 5.41) is 3.31. The molecule has 2 unspecified atom stereocenters. The summed E-state index contributed by atoms with van der Waals surface area (Å²) in [5.41, 5.74) is 0.749. The number of likely N-dealkylation sites (N-methyl/N-ethyl adjacent to an activating group) is 1. The molecule has 1 aliphatic rings. The minimum absolute atomic E-state index is 0.203. The molecule has 0 amide bonds. The molecule has 0 bridgehead atoms.